The van der Waals surface area contributed by atoms with Crippen molar-refractivity contribution in [2.45, 2.75) is 6.54 Å². The molecule has 1 fully saturated rings. The van der Waals surface area contributed by atoms with Crippen LogP contribution in [0.25, 0.3) is 0 Å². The van der Waals surface area contributed by atoms with E-state index in [1.807, 2.05) is 29.2 Å². The molecule has 0 aromatic heterocycles. The van der Waals surface area contributed by atoms with Crippen molar-refractivity contribution in [2.24, 2.45) is 0 Å². The molecule has 1 heterocycles. The number of rotatable bonds is 5. The third-order valence-corrected chi connectivity index (χ3v) is 4.46. The summed E-state index contributed by atoms with van der Waals surface area (Å²) in [5.74, 6) is -0.327. The Balaban J connectivity index is 1.54. The fourth-order valence-corrected chi connectivity index (χ4v) is 2.96. The minimum Gasteiger partial charge on any atom is -0.508 e. The largest absolute Gasteiger partial charge is 0.508 e. The average molecular weight is 362 g/mol. The second-order valence-electron chi connectivity index (χ2n) is 6.45. The summed E-state index contributed by atoms with van der Waals surface area (Å²) in [7, 11) is 0. The second-order valence-corrected chi connectivity index (χ2v) is 6.45. The van der Waals surface area contributed by atoms with Crippen LogP contribution in [0.3, 0.4) is 0 Å². The molecule has 3 rings (SSSR count). The van der Waals surface area contributed by atoms with E-state index in [4.69, 9.17) is 0 Å². The van der Waals surface area contributed by atoms with E-state index in [0.29, 0.717) is 5.69 Å². The molecular weight excluding hydrogens is 340 g/mol. The zero-order valence-corrected chi connectivity index (χ0v) is 15.0. The van der Waals surface area contributed by atoms with Crippen molar-refractivity contribution in [1.29, 1.82) is 5.26 Å². The van der Waals surface area contributed by atoms with Gasteiger partial charge in [0.05, 0.1) is 0 Å². The van der Waals surface area contributed by atoms with Gasteiger partial charge in [-0.25, -0.2) is 0 Å². The maximum absolute atomic E-state index is 12.3. The molecule has 6 heteroatoms. The number of nitrogens with one attached hydrogen (secondary N) is 1. The number of phenolic OH excluding ortho intramolecular Hbond substituents is 1. The highest BCUT2D eigenvalue weighted by molar-refractivity contribution is 6.06. The second kappa shape index (κ2) is 8.88. The lowest BCUT2D eigenvalue weighted by Crippen LogP contribution is -2.43. The molecule has 1 amide bonds. The lowest BCUT2D eigenvalue weighted by atomic mass is 10.2. The summed E-state index contributed by atoms with van der Waals surface area (Å²) in [6, 6.07) is 18.5. The molecule has 0 aliphatic carbocycles. The van der Waals surface area contributed by atoms with Gasteiger partial charge in [0.1, 0.15) is 17.4 Å². The first kappa shape index (κ1) is 18.5. The van der Waals surface area contributed by atoms with Gasteiger partial charge in [0.25, 0.3) is 5.91 Å². The number of carbonyl (C=O) groups excluding carboxylic acids is 1. The fourth-order valence-electron chi connectivity index (χ4n) is 2.96. The summed E-state index contributed by atoms with van der Waals surface area (Å²) < 4.78 is 0. The van der Waals surface area contributed by atoms with Gasteiger partial charge in [0, 0.05) is 44.6 Å². The van der Waals surface area contributed by atoms with Gasteiger partial charge >= 0.3 is 0 Å². The van der Waals surface area contributed by atoms with Crippen molar-refractivity contribution in [3.63, 3.8) is 0 Å². The Bertz CT molecular complexity index is 833. The van der Waals surface area contributed by atoms with E-state index in [1.54, 1.807) is 18.3 Å². The highest BCUT2D eigenvalue weighted by Crippen LogP contribution is 2.15. The van der Waals surface area contributed by atoms with Gasteiger partial charge in [-0.15, -0.1) is 0 Å². The molecule has 2 N–H and O–H groups in total. The third kappa shape index (κ3) is 5.33. The molecule has 0 spiro atoms. The van der Waals surface area contributed by atoms with E-state index in [9.17, 15) is 15.2 Å². The number of phenols is 1. The van der Waals surface area contributed by atoms with Gasteiger partial charge in [-0.05, 0) is 29.8 Å². The molecule has 27 heavy (non-hydrogen) atoms. The number of nitriles is 1. The summed E-state index contributed by atoms with van der Waals surface area (Å²) >= 11 is 0. The highest BCUT2D eigenvalue weighted by atomic mass is 16.3. The molecule has 6 nitrogen and oxygen atoms in total. The molecule has 0 bridgehead atoms. The van der Waals surface area contributed by atoms with Crippen LogP contribution in [0.15, 0.2) is 66.4 Å². The van der Waals surface area contributed by atoms with E-state index in [1.165, 1.54) is 17.7 Å². The van der Waals surface area contributed by atoms with Crippen molar-refractivity contribution >= 4 is 11.6 Å². The number of carbonyl (C=O) groups is 1. The molecule has 0 unspecified atom stereocenters. The molecule has 0 saturated carbocycles. The maximum atomic E-state index is 12.3. The van der Waals surface area contributed by atoms with Crippen LogP contribution in [0.1, 0.15) is 5.56 Å². The highest BCUT2D eigenvalue weighted by Gasteiger charge is 2.17. The van der Waals surface area contributed by atoms with Crippen molar-refractivity contribution < 1.29 is 9.90 Å². The van der Waals surface area contributed by atoms with Crippen molar-refractivity contribution in [1.82, 2.24) is 9.80 Å². The van der Waals surface area contributed by atoms with Crippen LogP contribution in [0.2, 0.25) is 0 Å². The predicted octanol–water partition coefficient (Wildman–Crippen LogP) is 2.56. The molecule has 0 atom stereocenters. The van der Waals surface area contributed by atoms with Crippen molar-refractivity contribution in [2.75, 3.05) is 31.5 Å². The van der Waals surface area contributed by atoms with Gasteiger partial charge in [0.2, 0.25) is 0 Å². The van der Waals surface area contributed by atoms with E-state index in [2.05, 4.69) is 22.3 Å². The summed E-state index contributed by atoms with van der Waals surface area (Å²) in [6.07, 6.45) is 1.63. The van der Waals surface area contributed by atoms with Gasteiger partial charge in [-0.3, -0.25) is 9.69 Å². The van der Waals surface area contributed by atoms with Gasteiger partial charge in [-0.2, -0.15) is 5.26 Å². The quantitative estimate of drug-likeness (QED) is 0.485. The third-order valence-electron chi connectivity index (χ3n) is 4.46. The number of hydrogen-bond acceptors (Lipinski definition) is 5. The molecule has 1 aliphatic rings. The Morgan fingerprint density at radius 2 is 1.74 bits per heavy atom. The SMILES string of the molecule is N#C/C(=C/N1CCN(Cc2ccccc2)CC1)C(=O)Nc1ccc(O)cc1. The number of benzene rings is 2. The number of anilines is 1. The van der Waals surface area contributed by atoms with Crippen molar-refractivity contribution in [3.05, 3.63) is 71.9 Å². The molecule has 138 valence electrons. The Morgan fingerprint density at radius 3 is 2.37 bits per heavy atom. The maximum Gasteiger partial charge on any atom is 0.267 e. The van der Waals surface area contributed by atoms with Crippen molar-refractivity contribution in [3.8, 4) is 11.8 Å². The first-order valence-corrected chi connectivity index (χ1v) is 8.86. The summed E-state index contributed by atoms with van der Waals surface area (Å²) in [6.45, 7) is 4.20. The Kier molecular flexibility index (Phi) is 6.08. The number of amides is 1. The summed E-state index contributed by atoms with van der Waals surface area (Å²) in [5.41, 5.74) is 1.89. The van der Waals surface area contributed by atoms with E-state index in [0.717, 1.165) is 32.7 Å². The minimum atomic E-state index is -0.449. The van der Waals surface area contributed by atoms with Gasteiger partial charge in [0.15, 0.2) is 0 Å². The van der Waals surface area contributed by atoms with E-state index in [-0.39, 0.29) is 11.3 Å². The average Bonchev–Trinajstić information content (AvgIpc) is 2.70. The van der Waals surface area contributed by atoms with Crippen LogP contribution < -0.4 is 5.32 Å². The summed E-state index contributed by atoms with van der Waals surface area (Å²) in [4.78, 5) is 16.7. The van der Waals surface area contributed by atoms with Crippen LogP contribution in [0.4, 0.5) is 5.69 Å². The normalized spacial score (nSPS) is 15.2. The summed E-state index contributed by atoms with van der Waals surface area (Å²) in [5, 5.41) is 21.3. The standard InChI is InChI=1S/C21H22N4O2/c22-14-18(21(27)23-19-6-8-20(26)9-7-19)16-25-12-10-24(11-13-25)15-17-4-2-1-3-5-17/h1-9,16,26H,10-13,15H2,(H,23,27)/b18-16-. The van der Waals surface area contributed by atoms with Gasteiger partial charge < -0.3 is 15.3 Å². The molecule has 1 saturated heterocycles. The zero-order valence-electron chi connectivity index (χ0n) is 15.0. The van der Waals surface area contributed by atoms with Crippen LogP contribution >= 0.6 is 0 Å². The number of piperazine rings is 1. The lowest BCUT2D eigenvalue weighted by molar-refractivity contribution is -0.112. The topological polar surface area (TPSA) is 79.6 Å². The van der Waals surface area contributed by atoms with Crippen LogP contribution in [-0.2, 0) is 11.3 Å². The van der Waals surface area contributed by atoms with Crippen LogP contribution in [0.5, 0.6) is 5.75 Å². The minimum absolute atomic E-state index is 0.0691. The molecule has 2 aromatic carbocycles. The van der Waals surface area contributed by atoms with Crippen LogP contribution in [-0.4, -0.2) is 47.0 Å². The Morgan fingerprint density at radius 1 is 1.07 bits per heavy atom. The smallest absolute Gasteiger partial charge is 0.267 e. The number of hydrogen-bond donors (Lipinski definition) is 2. The van der Waals surface area contributed by atoms with E-state index < -0.39 is 5.91 Å². The first-order chi connectivity index (χ1) is 13.1. The predicted molar refractivity (Wildman–Crippen MR) is 104 cm³/mol. The number of nitrogens with zero attached hydrogens (tertiary/aromatic N) is 3. The Labute approximate surface area is 158 Å². The Hall–Kier alpha value is -3.30. The lowest BCUT2D eigenvalue weighted by Gasteiger charge is -2.34. The fraction of sp³-hybridized carbons (Fsp3) is 0.238. The molecular formula is C21H22N4O2. The van der Waals surface area contributed by atoms with Gasteiger partial charge in [-0.1, -0.05) is 30.3 Å². The van der Waals surface area contributed by atoms with E-state index >= 15 is 0 Å². The first-order valence-electron chi connectivity index (χ1n) is 8.86. The molecule has 0 radical (unpaired) electrons. The van der Waals surface area contributed by atoms with Crippen LogP contribution in [0, 0.1) is 11.3 Å². The molecule has 2 aromatic rings. The zero-order chi connectivity index (χ0) is 19.1. The molecule has 1 aliphatic heterocycles. The number of aromatic hydroxyl groups is 1. The monoisotopic (exact) mass is 362 g/mol.